The van der Waals surface area contributed by atoms with E-state index in [1.54, 1.807) is 0 Å². The Hall–Kier alpha value is -0.570. The monoisotopic (exact) mass is 200 g/mol. The maximum Gasteiger partial charge on any atom is 0.226 e. The summed E-state index contributed by atoms with van der Waals surface area (Å²) in [5.74, 6) is 0.372. The van der Waals surface area contributed by atoms with Crippen LogP contribution in [0.25, 0.3) is 0 Å². The van der Waals surface area contributed by atoms with Crippen molar-refractivity contribution in [1.82, 2.24) is 10.2 Å². The van der Waals surface area contributed by atoms with E-state index in [1.165, 1.54) is 0 Å². The smallest absolute Gasteiger partial charge is 0.226 e. The molecule has 0 fully saturated rings. The summed E-state index contributed by atoms with van der Waals surface area (Å²) in [6, 6.07) is 0. The van der Waals surface area contributed by atoms with E-state index in [2.05, 4.69) is 19.2 Å². The molecule has 0 bridgehead atoms. The molecule has 1 N–H and O–H groups in total. The molecule has 0 heterocycles. The second-order valence-electron chi connectivity index (χ2n) is 3.63. The zero-order valence-corrected chi connectivity index (χ0v) is 9.97. The molecule has 0 spiro atoms. The molecule has 0 saturated heterocycles. The highest BCUT2D eigenvalue weighted by molar-refractivity contribution is 5.78. The number of carbonyl (C=O) groups excluding carboxylic acids is 1. The Kier molecular flexibility index (Phi) is 7.48. The van der Waals surface area contributed by atoms with Gasteiger partial charge in [-0.3, -0.25) is 4.79 Å². The van der Waals surface area contributed by atoms with Gasteiger partial charge in [0.2, 0.25) is 5.91 Å². The quantitative estimate of drug-likeness (QED) is 0.675. The van der Waals surface area contributed by atoms with E-state index in [-0.39, 0.29) is 11.8 Å². The van der Waals surface area contributed by atoms with Crippen LogP contribution < -0.4 is 5.32 Å². The number of amides is 1. The molecule has 3 heteroatoms. The molecule has 0 rings (SSSR count). The zero-order valence-electron chi connectivity index (χ0n) is 9.97. The Bertz CT molecular complexity index is 159. The summed E-state index contributed by atoms with van der Waals surface area (Å²) < 4.78 is 0. The van der Waals surface area contributed by atoms with Gasteiger partial charge < -0.3 is 10.2 Å². The Morgan fingerprint density at radius 1 is 1.36 bits per heavy atom. The fraction of sp³-hybridized carbons (Fsp3) is 0.909. The molecule has 0 aliphatic rings. The summed E-state index contributed by atoms with van der Waals surface area (Å²) >= 11 is 0. The molecule has 84 valence electrons. The third-order valence-corrected chi connectivity index (χ3v) is 2.31. The van der Waals surface area contributed by atoms with Crippen molar-refractivity contribution in [3.05, 3.63) is 0 Å². The van der Waals surface area contributed by atoms with Crippen LogP contribution in [-0.2, 0) is 4.79 Å². The average Bonchev–Trinajstić information content (AvgIpc) is 2.21. The molecule has 0 aliphatic carbocycles. The third kappa shape index (κ3) is 4.61. The van der Waals surface area contributed by atoms with Gasteiger partial charge in [0.05, 0.1) is 0 Å². The predicted molar refractivity (Wildman–Crippen MR) is 60.3 cm³/mol. The van der Waals surface area contributed by atoms with E-state index in [4.69, 9.17) is 0 Å². The molecular weight excluding hydrogens is 176 g/mol. The van der Waals surface area contributed by atoms with Crippen molar-refractivity contribution in [3.8, 4) is 0 Å². The predicted octanol–water partition coefficient (Wildman–Crippen LogP) is 1.49. The number of nitrogens with one attached hydrogen (secondary N) is 1. The van der Waals surface area contributed by atoms with Gasteiger partial charge in [0.25, 0.3) is 0 Å². The van der Waals surface area contributed by atoms with Crippen molar-refractivity contribution in [2.45, 2.75) is 34.1 Å². The van der Waals surface area contributed by atoms with Crippen molar-refractivity contribution in [2.24, 2.45) is 5.92 Å². The standard InChI is InChI=1S/C11H24N2O/c1-5-8-13(7-3)11(14)10(4)9-12-6-2/h10,12H,5-9H2,1-4H3. The van der Waals surface area contributed by atoms with Gasteiger partial charge in [0, 0.05) is 25.6 Å². The first-order chi connectivity index (χ1) is 6.67. The molecule has 0 aromatic rings. The Morgan fingerprint density at radius 3 is 2.43 bits per heavy atom. The lowest BCUT2D eigenvalue weighted by molar-refractivity contribution is -0.134. The molecule has 0 aromatic carbocycles. The van der Waals surface area contributed by atoms with E-state index >= 15 is 0 Å². The molecule has 3 nitrogen and oxygen atoms in total. The van der Waals surface area contributed by atoms with Crippen LogP contribution in [0.3, 0.4) is 0 Å². The van der Waals surface area contributed by atoms with Gasteiger partial charge in [-0.15, -0.1) is 0 Å². The number of hydrogen-bond acceptors (Lipinski definition) is 2. The van der Waals surface area contributed by atoms with E-state index < -0.39 is 0 Å². The maximum absolute atomic E-state index is 11.9. The van der Waals surface area contributed by atoms with Gasteiger partial charge in [0.15, 0.2) is 0 Å². The second kappa shape index (κ2) is 7.80. The summed E-state index contributed by atoms with van der Waals surface area (Å²) in [7, 11) is 0. The van der Waals surface area contributed by atoms with Gasteiger partial charge in [-0.05, 0) is 19.9 Å². The summed E-state index contributed by atoms with van der Waals surface area (Å²) in [5, 5.41) is 3.20. The van der Waals surface area contributed by atoms with E-state index in [0.717, 1.165) is 32.6 Å². The third-order valence-electron chi connectivity index (χ3n) is 2.31. The molecule has 0 radical (unpaired) electrons. The van der Waals surface area contributed by atoms with Crippen LogP contribution >= 0.6 is 0 Å². The highest BCUT2D eigenvalue weighted by Gasteiger charge is 2.17. The molecule has 14 heavy (non-hydrogen) atoms. The van der Waals surface area contributed by atoms with Crippen molar-refractivity contribution in [2.75, 3.05) is 26.2 Å². The lowest BCUT2D eigenvalue weighted by atomic mass is 10.1. The number of hydrogen-bond donors (Lipinski definition) is 1. The number of rotatable bonds is 7. The van der Waals surface area contributed by atoms with Crippen LogP contribution in [0.15, 0.2) is 0 Å². The van der Waals surface area contributed by atoms with Gasteiger partial charge in [-0.2, -0.15) is 0 Å². The van der Waals surface area contributed by atoms with Crippen LogP contribution in [0.1, 0.15) is 34.1 Å². The molecule has 1 unspecified atom stereocenters. The Morgan fingerprint density at radius 2 is 2.00 bits per heavy atom. The molecule has 1 amide bonds. The first-order valence-corrected chi connectivity index (χ1v) is 5.66. The van der Waals surface area contributed by atoms with Gasteiger partial charge >= 0.3 is 0 Å². The first-order valence-electron chi connectivity index (χ1n) is 5.66. The van der Waals surface area contributed by atoms with Crippen LogP contribution in [0.5, 0.6) is 0 Å². The molecule has 0 aliphatic heterocycles. The van der Waals surface area contributed by atoms with Crippen LogP contribution in [0.4, 0.5) is 0 Å². The van der Waals surface area contributed by atoms with Crippen molar-refractivity contribution in [3.63, 3.8) is 0 Å². The van der Waals surface area contributed by atoms with E-state index in [0.29, 0.717) is 0 Å². The normalized spacial score (nSPS) is 12.6. The SMILES string of the molecule is CCCN(CC)C(=O)C(C)CNCC. The van der Waals surface area contributed by atoms with Gasteiger partial charge in [-0.25, -0.2) is 0 Å². The Labute approximate surface area is 87.9 Å². The van der Waals surface area contributed by atoms with E-state index in [9.17, 15) is 4.79 Å². The highest BCUT2D eigenvalue weighted by Crippen LogP contribution is 2.02. The van der Waals surface area contributed by atoms with Crippen molar-refractivity contribution in [1.29, 1.82) is 0 Å². The largest absolute Gasteiger partial charge is 0.343 e. The molecular formula is C11H24N2O. The molecule has 0 saturated carbocycles. The Balaban J connectivity index is 3.99. The van der Waals surface area contributed by atoms with Crippen LogP contribution in [-0.4, -0.2) is 37.0 Å². The average molecular weight is 200 g/mol. The molecule has 1 atom stereocenters. The van der Waals surface area contributed by atoms with E-state index in [1.807, 2.05) is 18.7 Å². The lowest BCUT2D eigenvalue weighted by Crippen LogP contribution is -2.39. The summed E-state index contributed by atoms with van der Waals surface area (Å²) in [6.07, 6.45) is 1.04. The molecule has 0 aromatic heterocycles. The summed E-state index contributed by atoms with van der Waals surface area (Å²) in [5.41, 5.74) is 0. The van der Waals surface area contributed by atoms with Crippen LogP contribution in [0.2, 0.25) is 0 Å². The highest BCUT2D eigenvalue weighted by atomic mass is 16.2. The summed E-state index contributed by atoms with van der Waals surface area (Å²) in [4.78, 5) is 13.8. The summed E-state index contributed by atoms with van der Waals surface area (Å²) in [6.45, 7) is 11.6. The van der Waals surface area contributed by atoms with Crippen LogP contribution in [0, 0.1) is 5.92 Å². The van der Waals surface area contributed by atoms with Gasteiger partial charge in [-0.1, -0.05) is 20.8 Å². The fourth-order valence-corrected chi connectivity index (χ4v) is 1.45. The second-order valence-corrected chi connectivity index (χ2v) is 3.63. The fourth-order valence-electron chi connectivity index (χ4n) is 1.45. The minimum Gasteiger partial charge on any atom is -0.343 e. The number of nitrogens with zero attached hydrogens (tertiary/aromatic N) is 1. The first kappa shape index (κ1) is 13.4. The lowest BCUT2D eigenvalue weighted by Gasteiger charge is -2.24. The number of carbonyl (C=O) groups is 1. The van der Waals surface area contributed by atoms with Crippen molar-refractivity contribution < 1.29 is 4.79 Å². The maximum atomic E-state index is 11.9. The zero-order chi connectivity index (χ0) is 11.0. The topological polar surface area (TPSA) is 32.3 Å². The van der Waals surface area contributed by atoms with Crippen molar-refractivity contribution >= 4 is 5.91 Å². The minimum atomic E-state index is 0.0986. The minimum absolute atomic E-state index is 0.0986. The van der Waals surface area contributed by atoms with Gasteiger partial charge in [0.1, 0.15) is 0 Å².